The lowest BCUT2D eigenvalue weighted by molar-refractivity contribution is 0.100. The monoisotopic (exact) mass is 278 g/mol. The molecule has 0 heterocycles. The van der Waals surface area contributed by atoms with Gasteiger partial charge in [0.05, 0.1) is 5.69 Å². The fourth-order valence-electron chi connectivity index (χ4n) is 1.64. The van der Waals surface area contributed by atoms with Crippen molar-refractivity contribution in [1.29, 1.82) is 0 Å². The number of para-hydroxylation sites is 1. The Morgan fingerprint density at radius 1 is 1.26 bits per heavy atom. The quantitative estimate of drug-likeness (QED) is 0.902. The summed E-state index contributed by atoms with van der Waals surface area (Å²) in [6, 6.07) is 11.2. The smallest absolute Gasteiger partial charge is 0.248 e. The van der Waals surface area contributed by atoms with E-state index in [2.05, 4.69) is 5.32 Å². The molecule has 0 aliphatic carbocycles. The summed E-state index contributed by atoms with van der Waals surface area (Å²) in [5, 5.41) is 3.36. The van der Waals surface area contributed by atoms with E-state index in [1.165, 1.54) is 12.1 Å². The fourth-order valence-corrected chi connectivity index (χ4v) is 1.89. The van der Waals surface area contributed by atoms with E-state index in [0.717, 1.165) is 5.56 Å². The van der Waals surface area contributed by atoms with Crippen molar-refractivity contribution < 1.29 is 9.18 Å². The molecular formula is C14H12ClFN2O. The fraction of sp³-hybridized carbons (Fsp3) is 0.0714. The summed E-state index contributed by atoms with van der Waals surface area (Å²) in [5.41, 5.74) is 6.66. The van der Waals surface area contributed by atoms with Crippen LogP contribution in [0.3, 0.4) is 0 Å². The van der Waals surface area contributed by atoms with Gasteiger partial charge >= 0.3 is 0 Å². The Morgan fingerprint density at radius 2 is 2.00 bits per heavy atom. The average Bonchev–Trinajstić information content (AvgIpc) is 2.39. The van der Waals surface area contributed by atoms with Crippen LogP contribution >= 0.6 is 11.6 Å². The molecule has 98 valence electrons. The second-order valence-electron chi connectivity index (χ2n) is 4.00. The van der Waals surface area contributed by atoms with Gasteiger partial charge in [-0.15, -0.1) is 0 Å². The third kappa shape index (κ3) is 3.23. The lowest BCUT2D eigenvalue weighted by atomic mass is 10.1. The van der Waals surface area contributed by atoms with Gasteiger partial charge in [-0.05, 0) is 29.8 Å². The molecule has 2 aromatic carbocycles. The molecule has 0 aliphatic heterocycles. The van der Waals surface area contributed by atoms with Gasteiger partial charge in [0.15, 0.2) is 0 Å². The lowest BCUT2D eigenvalue weighted by Crippen LogP contribution is -2.11. The first-order valence-electron chi connectivity index (χ1n) is 5.64. The minimum absolute atomic E-state index is 0.327. The predicted octanol–water partition coefficient (Wildman–Crippen LogP) is 3.19. The Balaban J connectivity index is 2.12. The van der Waals surface area contributed by atoms with Crippen molar-refractivity contribution >= 4 is 23.2 Å². The van der Waals surface area contributed by atoms with E-state index in [0.29, 0.717) is 22.8 Å². The Morgan fingerprint density at radius 3 is 2.63 bits per heavy atom. The van der Waals surface area contributed by atoms with Crippen molar-refractivity contribution in [1.82, 2.24) is 0 Å². The van der Waals surface area contributed by atoms with E-state index in [1.54, 1.807) is 30.3 Å². The first kappa shape index (κ1) is 13.4. The minimum Gasteiger partial charge on any atom is -0.379 e. The summed E-state index contributed by atoms with van der Waals surface area (Å²) in [7, 11) is 0. The van der Waals surface area contributed by atoms with Crippen molar-refractivity contribution in [3.05, 3.63) is 64.4 Å². The van der Waals surface area contributed by atoms with Crippen LogP contribution in [0.5, 0.6) is 0 Å². The molecule has 2 aromatic rings. The van der Waals surface area contributed by atoms with Crippen LogP contribution in [0.2, 0.25) is 5.02 Å². The molecule has 0 spiro atoms. The van der Waals surface area contributed by atoms with Crippen LogP contribution in [0.25, 0.3) is 0 Å². The molecule has 19 heavy (non-hydrogen) atoms. The highest BCUT2D eigenvalue weighted by Gasteiger charge is 2.06. The van der Waals surface area contributed by atoms with Gasteiger partial charge in [0.1, 0.15) is 5.82 Å². The normalized spacial score (nSPS) is 10.2. The number of carbonyl (C=O) groups excluding carboxylic acids is 1. The van der Waals surface area contributed by atoms with Gasteiger partial charge in [0, 0.05) is 17.1 Å². The van der Waals surface area contributed by atoms with Gasteiger partial charge in [-0.1, -0.05) is 29.8 Å². The van der Waals surface area contributed by atoms with Crippen molar-refractivity contribution in [3.63, 3.8) is 0 Å². The molecule has 0 atom stereocenters. The number of carbonyl (C=O) groups is 1. The number of rotatable bonds is 4. The zero-order chi connectivity index (χ0) is 13.8. The van der Waals surface area contributed by atoms with Gasteiger partial charge in [-0.25, -0.2) is 4.39 Å². The number of primary amides is 1. The largest absolute Gasteiger partial charge is 0.379 e. The van der Waals surface area contributed by atoms with E-state index >= 15 is 0 Å². The molecule has 3 nitrogen and oxygen atoms in total. The molecule has 0 bridgehead atoms. The van der Waals surface area contributed by atoms with Crippen molar-refractivity contribution in [3.8, 4) is 0 Å². The molecule has 0 saturated carbocycles. The Bertz CT molecular complexity index is 616. The molecule has 0 aliphatic rings. The highest BCUT2D eigenvalue weighted by molar-refractivity contribution is 6.31. The van der Waals surface area contributed by atoms with Gasteiger partial charge in [-0.3, -0.25) is 4.79 Å². The van der Waals surface area contributed by atoms with Crippen LogP contribution in [0.15, 0.2) is 42.5 Å². The summed E-state index contributed by atoms with van der Waals surface area (Å²) in [6.45, 7) is 0.360. The number of halogens is 2. The SMILES string of the molecule is NC(=O)c1ccc(CNc2ccccc2F)c(Cl)c1. The first-order valence-corrected chi connectivity index (χ1v) is 6.02. The molecule has 0 saturated heterocycles. The topological polar surface area (TPSA) is 55.1 Å². The molecular weight excluding hydrogens is 267 g/mol. The Kier molecular flexibility index (Phi) is 4.02. The average molecular weight is 279 g/mol. The summed E-state index contributed by atoms with van der Waals surface area (Å²) in [6.07, 6.45) is 0. The summed E-state index contributed by atoms with van der Waals surface area (Å²) >= 11 is 6.04. The van der Waals surface area contributed by atoms with E-state index in [-0.39, 0.29) is 5.82 Å². The van der Waals surface area contributed by atoms with Crippen LogP contribution in [0.1, 0.15) is 15.9 Å². The van der Waals surface area contributed by atoms with Crippen LogP contribution in [0, 0.1) is 5.82 Å². The molecule has 0 fully saturated rings. The second-order valence-corrected chi connectivity index (χ2v) is 4.41. The number of anilines is 1. The maximum atomic E-state index is 13.4. The van der Waals surface area contributed by atoms with Gasteiger partial charge < -0.3 is 11.1 Å². The van der Waals surface area contributed by atoms with Gasteiger partial charge in [0.2, 0.25) is 5.91 Å². The summed E-state index contributed by atoms with van der Waals surface area (Å²) in [4.78, 5) is 11.0. The van der Waals surface area contributed by atoms with E-state index in [9.17, 15) is 9.18 Å². The van der Waals surface area contributed by atoms with E-state index in [4.69, 9.17) is 17.3 Å². The highest BCUT2D eigenvalue weighted by Crippen LogP contribution is 2.20. The molecule has 5 heteroatoms. The lowest BCUT2D eigenvalue weighted by Gasteiger charge is -2.09. The summed E-state index contributed by atoms with van der Waals surface area (Å²) < 4.78 is 13.4. The Labute approximate surface area is 115 Å². The standard InChI is InChI=1S/C14H12ClFN2O/c15-11-7-9(14(17)19)5-6-10(11)8-18-13-4-2-1-3-12(13)16/h1-7,18H,8H2,(H2,17,19). The molecule has 0 unspecified atom stereocenters. The van der Waals surface area contributed by atoms with E-state index in [1.807, 2.05) is 0 Å². The second kappa shape index (κ2) is 5.71. The predicted molar refractivity (Wildman–Crippen MR) is 73.7 cm³/mol. The number of hydrogen-bond acceptors (Lipinski definition) is 2. The van der Waals surface area contributed by atoms with Crippen molar-refractivity contribution in [2.75, 3.05) is 5.32 Å². The zero-order valence-corrected chi connectivity index (χ0v) is 10.7. The van der Waals surface area contributed by atoms with Crippen LogP contribution in [-0.4, -0.2) is 5.91 Å². The molecule has 0 aromatic heterocycles. The number of nitrogens with two attached hydrogens (primary N) is 1. The highest BCUT2D eigenvalue weighted by atomic mass is 35.5. The molecule has 2 rings (SSSR count). The molecule has 3 N–H and O–H groups in total. The van der Waals surface area contributed by atoms with Crippen molar-refractivity contribution in [2.24, 2.45) is 5.73 Å². The number of hydrogen-bond donors (Lipinski definition) is 2. The van der Waals surface area contributed by atoms with Crippen LogP contribution in [0.4, 0.5) is 10.1 Å². The Hall–Kier alpha value is -2.07. The number of nitrogens with one attached hydrogen (secondary N) is 1. The third-order valence-corrected chi connectivity index (χ3v) is 3.03. The molecule has 0 radical (unpaired) electrons. The van der Waals surface area contributed by atoms with Crippen molar-refractivity contribution in [2.45, 2.75) is 6.54 Å². The summed E-state index contributed by atoms with van der Waals surface area (Å²) in [5.74, 6) is -0.858. The maximum Gasteiger partial charge on any atom is 0.248 e. The molecule has 1 amide bonds. The number of benzene rings is 2. The number of amides is 1. The first-order chi connectivity index (χ1) is 9.08. The van der Waals surface area contributed by atoms with Crippen LogP contribution in [-0.2, 0) is 6.54 Å². The minimum atomic E-state index is -0.532. The van der Waals surface area contributed by atoms with Crippen LogP contribution < -0.4 is 11.1 Å². The van der Waals surface area contributed by atoms with Gasteiger partial charge in [-0.2, -0.15) is 0 Å². The van der Waals surface area contributed by atoms with Gasteiger partial charge in [0.25, 0.3) is 0 Å². The third-order valence-electron chi connectivity index (χ3n) is 2.68. The zero-order valence-electron chi connectivity index (χ0n) is 9.99. The maximum absolute atomic E-state index is 13.4. The van der Waals surface area contributed by atoms with E-state index < -0.39 is 5.91 Å².